The summed E-state index contributed by atoms with van der Waals surface area (Å²) in [4.78, 5) is 58.5. The van der Waals surface area contributed by atoms with Gasteiger partial charge in [-0.2, -0.15) is 0 Å². The Hall–Kier alpha value is -4.79. The van der Waals surface area contributed by atoms with E-state index in [4.69, 9.17) is 0 Å². The van der Waals surface area contributed by atoms with Crippen LogP contribution in [0.5, 0.6) is 11.5 Å². The van der Waals surface area contributed by atoms with Crippen LogP contribution in [0.4, 0.5) is 10.1 Å². The van der Waals surface area contributed by atoms with Gasteiger partial charge in [0.15, 0.2) is 11.6 Å². The molecule has 1 saturated carbocycles. The third-order valence-electron chi connectivity index (χ3n) is 10.3. The van der Waals surface area contributed by atoms with Gasteiger partial charge in [-0.25, -0.2) is 9.29 Å². The molecule has 0 aromatic heterocycles. The molecule has 2 aliphatic heterocycles. The highest BCUT2D eigenvalue weighted by Gasteiger charge is 2.67. The van der Waals surface area contributed by atoms with Crippen LogP contribution in [0.2, 0.25) is 0 Å². The molecule has 3 fully saturated rings. The molecule has 224 valence electrons. The molecule has 2 saturated heterocycles. The van der Waals surface area contributed by atoms with E-state index in [0.717, 1.165) is 11.6 Å². The first-order chi connectivity index (χ1) is 21.1. The highest BCUT2D eigenvalue weighted by molar-refractivity contribution is 6.24. The summed E-state index contributed by atoms with van der Waals surface area (Å²) in [6.45, 7) is 1.87. The molecule has 4 amide bonds. The topological polar surface area (TPSA) is 115 Å². The lowest BCUT2D eigenvalue weighted by atomic mass is 9.51. The molecule has 7 rings (SSSR count). The van der Waals surface area contributed by atoms with Crippen LogP contribution >= 0.6 is 0 Å². The van der Waals surface area contributed by atoms with E-state index < -0.39 is 58.4 Å². The zero-order valence-electron chi connectivity index (χ0n) is 24.0. The van der Waals surface area contributed by atoms with Crippen molar-refractivity contribution in [3.05, 3.63) is 101 Å². The summed E-state index contributed by atoms with van der Waals surface area (Å²) in [5.41, 5.74) is 0.788. The van der Waals surface area contributed by atoms with Crippen LogP contribution in [0.1, 0.15) is 36.8 Å². The van der Waals surface area contributed by atoms with Crippen molar-refractivity contribution in [1.29, 1.82) is 0 Å². The molecule has 2 aliphatic carbocycles. The fraction of sp³-hybridized carbons (Fsp3) is 0.314. The van der Waals surface area contributed by atoms with Gasteiger partial charge in [0.25, 0.3) is 0 Å². The van der Waals surface area contributed by atoms with Gasteiger partial charge in [0, 0.05) is 18.0 Å². The van der Waals surface area contributed by atoms with E-state index in [0.29, 0.717) is 17.7 Å². The van der Waals surface area contributed by atoms with E-state index in [1.807, 2.05) is 6.08 Å². The van der Waals surface area contributed by atoms with Crippen LogP contribution in [0.15, 0.2) is 84.4 Å². The van der Waals surface area contributed by atoms with Crippen molar-refractivity contribution in [2.24, 2.45) is 29.1 Å². The number of carbonyl (C=O) groups excluding carboxylic acids is 4. The van der Waals surface area contributed by atoms with Crippen LogP contribution < -0.4 is 4.90 Å². The van der Waals surface area contributed by atoms with Crippen molar-refractivity contribution in [1.82, 2.24) is 4.90 Å². The maximum absolute atomic E-state index is 14.8. The number of phenolic OH excluding ortho intramolecular Hbond substituents is 2. The number of carbonyl (C=O) groups is 4. The van der Waals surface area contributed by atoms with Gasteiger partial charge in [0.05, 0.1) is 28.9 Å². The molecule has 2 heterocycles. The Bertz CT molecular complexity index is 1740. The van der Waals surface area contributed by atoms with Gasteiger partial charge >= 0.3 is 0 Å². The molecule has 4 aliphatic rings. The number of aromatic hydroxyl groups is 2. The summed E-state index contributed by atoms with van der Waals surface area (Å²) >= 11 is 0. The van der Waals surface area contributed by atoms with Crippen LogP contribution in [0.25, 0.3) is 0 Å². The number of hydrogen-bond donors (Lipinski definition) is 2. The Labute approximate surface area is 253 Å². The summed E-state index contributed by atoms with van der Waals surface area (Å²) < 4.78 is 14.8. The predicted octanol–water partition coefficient (Wildman–Crippen LogP) is 4.71. The highest BCUT2D eigenvalue weighted by Crippen LogP contribution is 2.64. The Morgan fingerprint density at radius 2 is 1.59 bits per heavy atom. The molecule has 9 heteroatoms. The average Bonchev–Trinajstić information content (AvgIpc) is 3.38. The Morgan fingerprint density at radius 1 is 0.864 bits per heavy atom. The number of amides is 4. The first-order valence-electron chi connectivity index (χ1n) is 14.9. The number of benzene rings is 3. The van der Waals surface area contributed by atoms with E-state index in [9.17, 15) is 33.8 Å². The number of rotatable bonds is 5. The normalized spacial score (nSPS) is 29.4. The number of imide groups is 2. The average molecular weight is 595 g/mol. The molecule has 2 N–H and O–H groups in total. The Morgan fingerprint density at radius 3 is 2.32 bits per heavy atom. The highest BCUT2D eigenvalue weighted by atomic mass is 19.1. The summed E-state index contributed by atoms with van der Waals surface area (Å²) in [5, 5.41) is 20.6. The molecular formula is C35H31FN2O6. The van der Waals surface area contributed by atoms with Crippen molar-refractivity contribution in [3.63, 3.8) is 0 Å². The van der Waals surface area contributed by atoms with E-state index in [1.54, 1.807) is 67.6 Å². The molecule has 6 atom stereocenters. The second-order valence-corrected chi connectivity index (χ2v) is 12.4. The largest absolute Gasteiger partial charge is 0.508 e. The number of nitrogens with zero attached hydrogens (tertiary/aromatic N) is 2. The predicted molar refractivity (Wildman–Crippen MR) is 158 cm³/mol. The van der Waals surface area contributed by atoms with Crippen LogP contribution in [0, 0.1) is 34.9 Å². The van der Waals surface area contributed by atoms with Crippen molar-refractivity contribution in [2.45, 2.75) is 32.1 Å². The summed E-state index contributed by atoms with van der Waals surface area (Å²) in [6.07, 6.45) is 2.73. The van der Waals surface area contributed by atoms with E-state index >= 15 is 0 Å². The summed E-state index contributed by atoms with van der Waals surface area (Å²) in [7, 11) is 0. The van der Waals surface area contributed by atoms with Crippen molar-refractivity contribution < 1.29 is 33.8 Å². The second kappa shape index (κ2) is 10.1. The minimum Gasteiger partial charge on any atom is -0.508 e. The van der Waals surface area contributed by atoms with Crippen molar-refractivity contribution in [2.75, 3.05) is 11.4 Å². The van der Waals surface area contributed by atoms with Crippen LogP contribution in [-0.2, 0) is 25.6 Å². The number of para-hydroxylation sites is 2. The van der Waals surface area contributed by atoms with E-state index in [2.05, 4.69) is 0 Å². The zero-order chi connectivity index (χ0) is 30.9. The summed E-state index contributed by atoms with van der Waals surface area (Å²) in [5.74, 6) is -6.41. The Kier molecular flexibility index (Phi) is 6.46. The molecule has 0 spiro atoms. The second-order valence-electron chi connectivity index (χ2n) is 12.4. The van der Waals surface area contributed by atoms with Gasteiger partial charge in [0.1, 0.15) is 5.75 Å². The minimum atomic E-state index is -1.36. The number of likely N-dealkylation sites (tertiary alicyclic amines) is 1. The van der Waals surface area contributed by atoms with Gasteiger partial charge in [0.2, 0.25) is 23.6 Å². The lowest BCUT2D eigenvalue weighted by molar-refractivity contribution is -0.140. The number of hydrogen-bond acceptors (Lipinski definition) is 6. The minimum absolute atomic E-state index is 0.126. The van der Waals surface area contributed by atoms with Crippen molar-refractivity contribution in [3.8, 4) is 11.5 Å². The number of halogens is 1. The molecule has 0 bridgehead atoms. The molecule has 3 aromatic carbocycles. The van der Waals surface area contributed by atoms with E-state index in [1.165, 1.54) is 15.9 Å². The van der Waals surface area contributed by atoms with Crippen molar-refractivity contribution >= 4 is 29.3 Å². The Balaban J connectivity index is 1.30. The third kappa shape index (κ3) is 3.94. The van der Waals surface area contributed by atoms with Gasteiger partial charge in [-0.1, -0.05) is 54.1 Å². The number of anilines is 1. The molecule has 6 unspecified atom stereocenters. The zero-order valence-corrected chi connectivity index (χ0v) is 24.0. The molecular weight excluding hydrogens is 563 g/mol. The smallest absolute Gasteiger partial charge is 0.241 e. The molecule has 0 radical (unpaired) electrons. The van der Waals surface area contributed by atoms with Gasteiger partial charge in [-0.15, -0.1) is 0 Å². The number of phenols is 2. The molecule has 3 aromatic rings. The third-order valence-corrected chi connectivity index (χ3v) is 10.3. The van der Waals surface area contributed by atoms with Crippen LogP contribution in [0.3, 0.4) is 0 Å². The van der Waals surface area contributed by atoms with E-state index in [-0.39, 0.29) is 42.5 Å². The maximum atomic E-state index is 14.8. The SMILES string of the molecule is CC12C(=O)N(c3ccccc3)C(=O)C1CC1C(=CCC3C(=O)N(CCc4ccc(O)cc4)C(=O)C31)C2c1cccc(F)c1O. The number of fused-ring (bicyclic) bond motifs is 4. The van der Waals surface area contributed by atoms with Crippen LogP contribution in [-0.4, -0.2) is 45.3 Å². The monoisotopic (exact) mass is 594 g/mol. The molecule has 8 nitrogen and oxygen atoms in total. The fourth-order valence-corrected chi connectivity index (χ4v) is 8.14. The van der Waals surface area contributed by atoms with Gasteiger partial charge < -0.3 is 10.2 Å². The fourth-order valence-electron chi connectivity index (χ4n) is 8.14. The lowest BCUT2D eigenvalue weighted by Gasteiger charge is -2.49. The number of allylic oxidation sites excluding steroid dienone is 2. The lowest BCUT2D eigenvalue weighted by Crippen LogP contribution is -2.49. The molecule has 44 heavy (non-hydrogen) atoms. The standard InChI is InChI=1S/C35H31FN2O6/c1-35-26(32(42)38(34(35)44)20-6-3-2-4-7-20)18-25-22(29(35)24-8-5-9-27(36)30(24)40)14-15-23-28(25)33(43)37(31(23)41)17-16-19-10-12-21(39)13-11-19/h2-14,23,25-26,28-29,39-40H,15-18H2,1H3. The summed E-state index contributed by atoms with van der Waals surface area (Å²) in [6, 6.07) is 19.4. The first-order valence-corrected chi connectivity index (χ1v) is 14.9. The first kappa shape index (κ1) is 28.0. The van der Waals surface area contributed by atoms with Gasteiger partial charge in [-0.05, 0) is 68.0 Å². The quantitative estimate of drug-likeness (QED) is 0.327. The maximum Gasteiger partial charge on any atom is 0.241 e. The van der Waals surface area contributed by atoms with Gasteiger partial charge in [-0.3, -0.25) is 24.1 Å².